The van der Waals surface area contributed by atoms with Gasteiger partial charge in [-0.15, -0.1) is 0 Å². The largest absolute Gasteiger partial charge is 0.396 e. The van der Waals surface area contributed by atoms with Crippen molar-refractivity contribution in [1.82, 2.24) is 9.78 Å². The number of hydrogen-bond donors (Lipinski definition) is 1. The van der Waals surface area contributed by atoms with Gasteiger partial charge in [0.1, 0.15) is 4.60 Å². The zero-order chi connectivity index (χ0) is 13.3. The van der Waals surface area contributed by atoms with E-state index in [0.717, 1.165) is 27.1 Å². The van der Waals surface area contributed by atoms with E-state index in [9.17, 15) is 0 Å². The average Bonchev–Trinajstić information content (AvgIpc) is 2.58. The second-order valence-electron chi connectivity index (χ2n) is 4.17. The first kappa shape index (κ1) is 13.6. The van der Waals surface area contributed by atoms with Gasteiger partial charge in [0.05, 0.1) is 11.4 Å². The molecule has 18 heavy (non-hydrogen) atoms. The smallest absolute Gasteiger partial charge is 0.113 e. The van der Waals surface area contributed by atoms with Crippen molar-refractivity contribution < 1.29 is 5.11 Å². The summed E-state index contributed by atoms with van der Waals surface area (Å²) in [5.74, 6) is 0. The highest BCUT2D eigenvalue weighted by molar-refractivity contribution is 9.10. The maximum absolute atomic E-state index is 9.06. The van der Waals surface area contributed by atoms with Crippen molar-refractivity contribution in [2.24, 2.45) is 0 Å². The first-order chi connectivity index (χ1) is 8.54. The van der Waals surface area contributed by atoms with E-state index >= 15 is 0 Å². The highest BCUT2D eigenvalue weighted by Gasteiger charge is 2.14. The number of aliphatic hydroxyl groups is 1. The Morgan fingerprint density at radius 2 is 2.11 bits per heavy atom. The zero-order valence-electron chi connectivity index (χ0n) is 10.2. The van der Waals surface area contributed by atoms with Gasteiger partial charge in [-0.05, 0) is 53.5 Å². The average molecular weight is 330 g/mol. The summed E-state index contributed by atoms with van der Waals surface area (Å²) in [6.45, 7) is 4.05. The normalized spacial score (nSPS) is 10.9. The Morgan fingerprint density at radius 3 is 2.72 bits per heavy atom. The van der Waals surface area contributed by atoms with Crippen molar-refractivity contribution in [1.29, 1.82) is 0 Å². The number of aliphatic hydroxyl groups excluding tert-OH is 1. The van der Waals surface area contributed by atoms with Crippen LogP contribution in [-0.4, -0.2) is 21.5 Å². The number of halogens is 2. The Morgan fingerprint density at radius 1 is 1.39 bits per heavy atom. The van der Waals surface area contributed by atoms with E-state index in [0.29, 0.717) is 11.4 Å². The second-order valence-corrected chi connectivity index (χ2v) is 5.36. The molecule has 0 aliphatic heterocycles. The van der Waals surface area contributed by atoms with E-state index in [4.69, 9.17) is 16.7 Å². The van der Waals surface area contributed by atoms with Gasteiger partial charge >= 0.3 is 0 Å². The van der Waals surface area contributed by atoms with Crippen LogP contribution in [0.3, 0.4) is 0 Å². The van der Waals surface area contributed by atoms with E-state index in [2.05, 4.69) is 21.0 Å². The Labute approximate surface area is 120 Å². The van der Waals surface area contributed by atoms with Gasteiger partial charge in [0.15, 0.2) is 0 Å². The minimum atomic E-state index is 0.116. The highest BCUT2D eigenvalue weighted by atomic mass is 79.9. The van der Waals surface area contributed by atoms with Gasteiger partial charge in [-0.3, -0.25) is 0 Å². The summed E-state index contributed by atoms with van der Waals surface area (Å²) in [7, 11) is 0. The molecule has 1 heterocycles. The quantitative estimate of drug-likeness (QED) is 0.936. The van der Waals surface area contributed by atoms with Crippen LogP contribution in [0.4, 0.5) is 0 Å². The molecule has 1 N–H and O–H groups in total. The summed E-state index contributed by atoms with van der Waals surface area (Å²) >= 11 is 9.50. The fourth-order valence-corrected chi connectivity index (χ4v) is 2.93. The van der Waals surface area contributed by atoms with Gasteiger partial charge in [-0.25, -0.2) is 4.68 Å². The first-order valence-corrected chi connectivity index (χ1v) is 6.83. The van der Waals surface area contributed by atoms with Crippen LogP contribution in [0.25, 0.3) is 5.69 Å². The number of aromatic nitrogens is 2. The standard InChI is InChI=1S/C13H14BrClN2O/c1-8-7-10(15)3-4-12(8)17-13(14)11(5-6-18)9(2)16-17/h3-4,7,18H,5-6H2,1-2H3. The first-order valence-electron chi connectivity index (χ1n) is 5.66. The van der Waals surface area contributed by atoms with Gasteiger partial charge < -0.3 is 5.11 Å². The molecular weight excluding hydrogens is 316 g/mol. The van der Waals surface area contributed by atoms with E-state index in [1.165, 1.54) is 0 Å². The van der Waals surface area contributed by atoms with Gasteiger partial charge in [0.25, 0.3) is 0 Å². The molecular formula is C13H14BrClN2O. The Kier molecular flexibility index (Phi) is 4.10. The molecule has 0 saturated carbocycles. The predicted molar refractivity (Wildman–Crippen MR) is 76.5 cm³/mol. The lowest BCUT2D eigenvalue weighted by Crippen LogP contribution is -2.00. The Balaban J connectivity index is 2.54. The number of rotatable bonds is 3. The third-order valence-corrected chi connectivity index (χ3v) is 3.92. The maximum atomic E-state index is 9.06. The highest BCUT2D eigenvalue weighted by Crippen LogP contribution is 2.27. The zero-order valence-corrected chi connectivity index (χ0v) is 12.6. The van der Waals surface area contributed by atoms with Crippen molar-refractivity contribution in [3.05, 3.63) is 44.6 Å². The summed E-state index contributed by atoms with van der Waals surface area (Å²) in [4.78, 5) is 0. The Bertz CT molecular complexity index is 581. The summed E-state index contributed by atoms with van der Waals surface area (Å²) in [6, 6.07) is 5.70. The lowest BCUT2D eigenvalue weighted by molar-refractivity contribution is 0.299. The molecule has 0 fully saturated rings. The molecule has 0 aliphatic carbocycles. The van der Waals surface area contributed by atoms with Crippen LogP contribution in [-0.2, 0) is 6.42 Å². The van der Waals surface area contributed by atoms with Crippen LogP contribution in [0.5, 0.6) is 0 Å². The summed E-state index contributed by atoms with van der Waals surface area (Å²) < 4.78 is 2.73. The van der Waals surface area contributed by atoms with Crippen LogP contribution in [0.15, 0.2) is 22.8 Å². The van der Waals surface area contributed by atoms with E-state index in [1.54, 1.807) is 0 Å². The summed E-state index contributed by atoms with van der Waals surface area (Å²) in [6.07, 6.45) is 0.596. The summed E-state index contributed by atoms with van der Waals surface area (Å²) in [5.41, 5.74) is 4.00. The van der Waals surface area contributed by atoms with E-state index in [1.807, 2.05) is 36.7 Å². The van der Waals surface area contributed by atoms with Crippen molar-refractivity contribution >= 4 is 27.5 Å². The molecule has 0 atom stereocenters. The molecule has 0 spiro atoms. The van der Waals surface area contributed by atoms with Gasteiger partial charge in [-0.2, -0.15) is 5.10 Å². The third-order valence-electron chi connectivity index (χ3n) is 2.87. The molecule has 0 saturated heterocycles. The second kappa shape index (κ2) is 5.43. The fraction of sp³-hybridized carbons (Fsp3) is 0.308. The molecule has 0 amide bonds. The number of hydrogen-bond acceptors (Lipinski definition) is 2. The minimum absolute atomic E-state index is 0.116. The summed E-state index contributed by atoms with van der Waals surface area (Å²) in [5, 5.41) is 14.3. The van der Waals surface area contributed by atoms with Crippen LogP contribution < -0.4 is 0 Å². The fourth-order valence-electron chi connectivity index (χ4n) is 1.94. The molecule has 0 unspecified atom stereocenters. The Hall–Kier alpha value is -0.840. The molecule has 96 valence electrons. The molecule has 2 aromatic rings. The molecule has 3 nitrogen and oxygen atoms in total. The SMILES string of the molecule is Cc1cc(Cl)ccc1-n1nc(C)c(CCO)c1Br. The third kappa shape index (κ3) is 2.46. The predicted octanol–water partition coefficient (Wildman–Crippen LogP) is 3.44. The van der Waals surface area contributed by atoms with Crippen LogP contribution in [0.1, 0.15) is 16.8 Å². The van der Waals surface area contributed by atoms with Crippen molar-refractivity contribution in [3.63, 3.8) is 0 Å². The van der Waals surface area contributed by atoms with Gasteiger partial charge in [0.2, 0.25) is 0 Å². The monoisotopic (exact) mass is 328 g/mol. The van der Waals surface area contributed by atoms with Gasteiger partial charge in [-0.1, -0.05) is 11.6 Å². The van der Waals surface area contributed by atoms with Crippen LogP contribution in [0, 0.1) is 13.8 Å². The lowest BCUT2D eigenvalue weighted by Gasteiger charge is -2.08. The number of benzene rings is 1. The molecule has 2 rings (SSSR count). The van der Waals surface area contributed by atoms with Crippen molar-refractivity contribution in [2.45, 2.75) is 20.3 Å². The molecule has 0 aliphatic rings. The van der Waals surface area contributed by atoms with Crippen LogP contribution in [0.2, 0.25) is 5.02 Å². The van der Waals surface area contributed by atoms with Crippen molar-refractivity contribution in [2.75, 3.05) is 6.61 Å². The topological polar surface area (TPSA) is 38.0 Å². The van der Waals surface area contributed by atoms with Crippen molar-refractivity contribution in [3.8, 4) is 5.69 Å². The molecule has 5 heteroatoms. The van der Waals surface area contributed by atoms with E-state index in [-0.39, 0.29) is 6.61 Å². The molecule has 0 radical (unpaired) electrons. The maximum Gasteiger partial charge on any atom is 0.113 e. The molecule has 1 aromatic carbocycles. The molecule has 0 bridgehead atoms. The van der Waals surface area contributed by atoms with Gasteiger partial charge in [0, 0.05) is 23.6 Å². The number of aryl methyl sites for hydroxylation is 2. The minimum Gasteiger partial charge on any atom is -0.396 e. The number of nitrogens with zero attached hydrogens (tertiary/aromatic N) is 2. The van der Waals surface area contributed by atoms with Crippen LogP contribution >= 0.6 is 27.5 Å². The molecule has 1 aromatic heterocycles. The van der Waals surface area contributed by atoms with E-state index < -0.39 is 0 Å². The lowest BCUT2D eigenvalue weighted by atomic mass is 10.2.